The summed E-state index contributed by atoms with van der Waals surface area (Å²) in [6, 6.07) is 6.36. The van der Waals surface area contributed by atoms with Gasteiger partial charge in [0.1, 0.15) is 11.3 Å². The Bertz CT molecular complexity index is 497. The molecule has 0 radical (unpaired) electrons. The molecule has 1 aliphatic carbocycles. The van der Waals surface area contributed by atoms with E-state index < -0.39 is 11.5 Å². The molecule has 21 heavy (non-hydrogen) atoms. The Balaban J connectivity index is 1.73. The van der Waals surface area contributed by atoms with Gasteiger partial charge in [-0.2, -0.15) is 0 Å². The average Bonchev–Trinajstić information content (AvgIpc) is 2.46. The van der Waals surface area contributed by atoms with Crippen LogP contribution >= 0.6 is 0 Å². The quantitative estimate of drug-likeness (QED) is 0.758. The molecule has 0 saturated heterocycles. The first-order chi connectivity index (χ1) is 9.99. The van der Waals surface area contributed by atoms with Gasteiger partial charge in [-0.1, -0.05) is 6.07 Å². The van der Waals surface area contributed by atoms with E-state index in [-0.39, 0.29) is 0 Å². The summed E-state index contributed by atoms with van der Waals surface area (Å²) in [5, 5.41) is 8.93. The molecule has 1 aromatic carbocycles. The zero-order valence-corrected chi connectivity index (χ0v) is 12.7. The predicted molar refractivity (Wildman–Crippen MR) is 82.7 cm³/mol. The molecule has 4 heteroatoms. The van der Waals surface area contributed by atoms with E-state index >= 15 is 0 Å². The van der Waals surface area contributed by atoms with E-state index in [9.17, 15) is 4.79 Å². The normalized spacial score (nSPS) is 16.9. The molecule has 2 rings (SSSR count). The van der Waals surface area contributed by atoms with Gasteiger partial charge >= 0.3 is 5.97 Å². The predicted octanol–water partition coefficient (Wildman–Crippen LogP) is 2.92. The number of aryl methyl sites for hydroxylation is 2. The summed E-state index contributed by atoms with van der Waals surface area (Å²) in [6.45, 7) is 2.16. The first kappa shape index (κ1) is 15.8. The van der Waals surface area contributed by atoms with Crippen LogP contribution < -0.4 is 10.5 Å². The molecular formula is C17H25NO3. The lowest BCUT2D eigenvalue weighted by Gasteiger charge is -2.19. The molecular weight excluding hydrogens is 266 g/mol. The second kappa shape index (κ2) is 6.94. The second-order valence-electron chi connectivity index (χ2n) is 6.17. The summed E-state index contributed by atoms with van der Waals surface area (Å²) in [4.78, 5) is 10.9. The molecule has 1 aromatic rings. The molecule has 4 nitrogen and oxygen atoms in total. The highest BCUT2D eigenvalue weighted by atomic mass is 16.5. The van der Waals surface area contributed by atoms with Gasteiger partial charge in [-0.15, -0.1) is 0 Å². The first-order valence-corrected chi connectivity index (χ1v) is 7.76. The molecule has 3 N–H and O–H groups in total. The number of hydrogen-bond acceptors (Lipinski definition) is 3. The van der Waals surface area contributed by atoms with Crippen molar-refractivity contribution in [1.29, 1.82) is 0 Å². The topological polar surface area (TPSA) is 72.5 Å². The van der Waals surface area contributed by atoms with Crippen molar-refractivity contribution in [2.24, 2.45) is 5.73 Å². The smallest absolute Gasteiger partial charge is 0.323 e. The van der Waals surface area contributed by atoms with Gasteiger partial charge in [0.15, 0.2) is 0 Å². The molecule has 0 bridgehead atoms. The molecule has 0 fully saturated rings. The minimum atomic E-state index is -1.13. The molecule has 116 valence electrons. The maximum atomic E-state index is 10.9. The number of aliphatic carboxylic acids is 1. The molecule has 0 heterocycles. The van der Waals surface area contributed by atoms with Crippen LogP contribution in [-0.4, -0.2) is 23.2 Å². The van der Waals surface area contributed by atoms with E-state index in [1.807, 2.05) is 6.07 Å². The third-order valence-corrected chi connectivity index (χ3v) is 4.17. The van der Waals surface area contributed by atoms with Crippen LogP contribution in [0.5, 0.6) is 5.75 Å². The van der Waals surface area contributed by atoms with Crippen molar-refractivity contribution in [3.05, 3.63) is 29.3 Å². The van der Waals surface area contributed by atoms with Crippen molar-refractivity contribution >= 4 is 5.97 Å². The zero-order valence-electron chi connectivity index (χ0n) is 12.7. The molecule has 1 unspecified atom stereocenters. The van der Waals surface area contributed by atoms with Crippen LogP contribution in [0.3, 0.4) is 0 Å². The highest BCUT2D eigenvalue weighted by Gasteiger charge is 2.26. The molecule has 0 saturated carbocycles. The Morgan fingerprint density at radius 1 is 1.29 bits per heavy atom. The minimum absolute atomic E-state index is 0.468. The van der Waals surface area contributed by atoms with Gasteiger partial charge in [-0.05, 0) is 75.1 Å². The number of ether oxygens (including phenoxy) is 1. The van der Waals surface area contributed by atoms with Gasteiger partial charge in [0.25, 0.3) is 0 Å². The molecule has 0 aliphatic heterocycles. The van der Waals surface area contributed by atoms with Crippen molar-refractivity contribution in [1.82, 2.24) is 0 Å². The molecule has 0 amide bonds. The van der Waals surface area contributed by atoms with Crippen molar-refractivity contribution in [2.45, 2.75) is 57.4 Å². The van der Waals surface area contributed by atoms with Crippen LogP contribution in [0, 0.1) is 0 Å². The zero-order chi connectivity index (χ0) is 15.3. The van der Waals surface area contributed by atoms with Crippen LogP contribution in [0.4, 0.5) is 0 Å². The summed E-state index contributed by atoms with van der Waals surface area (Å²) in [6.07, 6.45) is 6.92. The number of unbranched alkanes of at least 4 members (excludes halogenated alkanes) is 1. The molecule has 1 aliphatic rings. The Labute approximate surface area is 126 Å². The first-order valence-electron chi connectivity index (χ1n) is 7.76. The number of carboxylic acids is 1. The van der Waals surface area contributed by atoms with Gasteiger partial charge in [0.2, 0.25) is 0 Å². The van der Waals surface area contributed by atoms with Crippen molar-refractivity contribution in [2.75, 3.05) is 6.61 Å². The maximum absolute atomic E-state index is 10.9. The van der Waals surface area contributed by atoms with Crippen molar-refractivity contribution in [3.8, 4) is 5.75 Å². The van der Waals surface area contributed by atoms with Crippen LogP contribution in [0.15, 0.2) is 18.2 Å². The lowest BCUT2D eigenvalue weighted by atomic mass is 9.92. The van der Waals surface area contributed by atoms with E-state index in [0.29, 0.717) is 13.0 Å². The number of carbonyl (C=O) groups is 1. The summed E-state index contributed by atoms with van der Waals surface area (Å²) in [5.41, 5.74) is 7.42. The van der Waals surface area contributed by atoms with Crippen molar-refractivity contribution < 1.29 is 14.6 Å². The van der Waals surface area contributed by atoms with E-state index in [0.717, 1.165) is 25.0 Å². The van der Waals surface area contributed by atoms with Crippen LogP contribution in [0.25, 0.3) is 0 Å². The van der Waals surface area contributed by atoms with Gasteiger partial charge in [0, 0.05) is 0 Å². The van der Waals surface area contributed by atoms with Gasteiger partial charge in [-0.25, -0.2) is 0 Å². The Kier molecular flexibility index (Phi) is 5.23. The number of nitrogens with two attached hydrogens (primary N) is 1. The van der Waals surface area contributed by atoms with Gasteiger partial charge in [0.05, 0.1) is 6.61 Å². The third-order valence-electron chi connectivity index (χ3n) is 4.17. The molecule has 1 atom stereocenters. The van der Waals surface area contributed by atoms with Gasteiger partial charge < -0.3 is 15.6 Å². The Hall–Kier alpha value is -1.55. The van der Waals surface area contributed by atoms with E-state index in [1.165, 1.54) is 30.4 Å². The summed E-state index contributed by atoms with van der Waals surface area (Å²) in [7, 11) is 0. The number of carboxylic acid groups (broad SMARTS) is 1. The molecule has 0 spiro atoms. The lowest BCUT2D eigenvalue weighted by molar-refractivity contribution is -0.142. The fourth-order valence-corrected chi connectivity index (χ4v) is 2.69. The van der Waals surface area contributed by atoms with Crippen LogP contribution in [-0.2, 0) is 17.6 Å². The van der Waals surface area contributed by atoms with Gasteiger partial charge in [-0.3, -0.25) is 4.79 Å². The Morgan fingerprint density at radius 2 is 2.00 bits per heavy atom. The Morgan fingerprint density at radius 3 is 2.71 bits per heavy atom. The summed E-state index contributed by atoms with van der Waals surface area (Å²) >= 11 is 0. The highest BCUT2D eigenvalue weighted by molar-refractivity contribution is 5.77. The standard InChI is InChI=1S/C17H25NO3/c1-17(18,16(19)20)10-4-5-11-21-15-9-8-13-6-2-3-7-14(13)12-15/h8-9,12H,2-7,10-11,18H2,1H3,(H,19,20). The van der Waals surface area contributed by atoms with Crippen LogP contribution in [0.2, 0.25) is 0 Å². The largest absolute Gasteiger partial charge is 0.494 e. The SMILES string of the molecule is CC(N)(CCCCOc1ccc2c(c1)CCCC2)C(=O)O. The van der Waals surface area contributed by atoms with E-state index in [2.05, 4.69) is 12.1 Å². The number of rotatable bonds is 7. The number of fused-ring (bicyclic) bond motifs is 1. The number of benzene rings is 1. The van der Waals surface area contributed by atoms with E-state index in [4.69, 9.17) is 15.6 Å². The van der Waals surface area contributed by atoms with E-state index in [1.54, 1.807) is 6.92 Å². The fourth-order valence-electron chi connectivity index (χ4n) is 2.69. The fraction of sp³-hybridized carbons (Fsp3) is 0.588. The highest BCUT2D eigenvalue weighted by Crippen LogP contribution is 2.25. The maximum Gasteiger partial charge on any atom is 0.323 e. The second-order valence-corrected chi connectivity index (χ2v) is 6.17. The molecule has 0 aromatic heterocycles. The van der Waals surface area contributed by atoms with Crippen LogP contribution in [0.1, 0.15) is 50.2 Å². The number of hydrogen-bond donors (Lipinski definition) is 2. The summed E-state index contributed by atoms with van der Waals surface area (Å²) in [5.74, 6) is -0.0255. The third kappa shape index (κ3) is 4.46. The monoisotopic (exact) mass is 291 g/mol. The van der Waals surface area contributed by atoms with Crippen molar-refractivity contribution in [3.63, 3.8) is 0 Å². The average molecular weight is 291 g/mol. The lowest BCUT2D eigenvalue weighted by Crippen LogP contribution is -2.44. The minimum Gasteiger partial charge on any atom is -0.494 e. The summed E-state index contributed by atoms with van der Waals surface area (Å²) < 4.78 is 5.76.